The maximum absolute atomic E-state index is 13.0. The van der Waals surface area contributed by atoms with Crippen LogP contribution in [0.2, 0.25) is 0 Å². The van der Waals surface area contributed by atoms with Gasteiger partial charge in [-0.3, -0.25) is 14.7 Å². The number of aromatic nitrogens is 1. The molecule has 1 aromatic carbocycles. The number of rotatable bonds is 2. The number of hydrogen-bond donors (Lipinski definition) is 1. The normalized spacial score (nSPS) is 19.0. The highest BCUT2D eigenvalue weighted by Crippen LogP contribution is 2.35. The van der Waals surface area contributed by atoms with E-state index in [0.717, 1.165) is 27.6 Å². The molecule has 0 radical (unpaired) electrons. The van der Waals surface area contributed by atoms with Crippen molar-refractivity contribution >= 4 is 23.0 Å². The molecule has 0 unspecified atom stereocenters. The van der Waals surface area contributed by atoms with Crippen LogP contribution >= 0.6 is 0 Å². The molecule has 0 spiro atoms. The van der Waals surface area contributed by atoms with Gasteiger partial charge in [0.05, 0.1) is 11.6 Å². The van der Waals surface area contributed by atoms with Gasteiger partial charge in [-0.2, -0.15) is 0 Å². The number of carbonyl (C=O) groups is 2. The lowest BCUT2D eigenvalue weighted by atomic mass is 9.99. The highest BCUT2D eigenvalue weighted by Gasteiger charge is 2.33. The monoisotopic (exact) mass is 426 g/mol. The van der Waals surface area contributed by atoms with Crippen molar-refractivity contribution in [2.75, 3.05) is 0 Å². The average molecular weight is 427 g/mol. The van der Waals surface area contributed by atoms with Gasteiger partial charge in [-0.25, -0.2) is 4.79 Å². The Morgan fingerprint density at radius 3 is 2.29 bits per heavy atom. The van der Waals surface area contributed by atoms with E-state index in [-0.39, 0.29) is 12.0 Å². The van der Waals surface area contributed by atoms with Crippen LogP contribution in [0.3, 0.4) is 0 Å². The zero-order valence-electron chi connectivity index (χ0n) is 19.8. The SMILES string of the molecule is CC(C)=C[C@H]1N[C@H](C(=O)OC(C)(C)C)Cc2cn(C(=O)OC(C)(C)C)c3cccc1c23. The number of carbonyl (C=O) groups excluding carboxylic acids is 2. The van der Waals surface area contributed by atoms with Crippen molar-refractivity contribution in [3.05, 3.63) is 47.2 Å². The van der Waals surface area contributed by atoms with Crippen molar-refractivity contribution in [1.82, 2.24) is 9.88 Å². The van der Waals surface area contributed by atoms with E-state index in [4.69, 9.17) is 9.47 Å². The summed E-state index contributed by atoms with van der Waals surface area (Å²) in [6.45, 7) is 15.2. The van der Waals surface area contributed by atoms with Gasteiger partial charge in [-0.15, -0.1) is 0 Å². The standard InChI is InChI=1S/C25H34N2O4/c1-15(2)12-18-17-10-9-11-20-21(17)16(14-27(20)23(29)31-25(6,7)8)13-19(26-18)22(28)30-24(3,4)5/h9-12,14,18-19,26H,13H2,1-8H3/t18-,19+/m1/s1. The molecule has 0 fully saturated rings. The number of hydrogen-bond acceptors (Lipinski definition) is 5. The predicted molar refractivity (Wildman–Crippen MR) is 122 cm³/mol. The fourth-order valence-corrected chi connectivity index (χ4v) is 3.86. The van der Waals surface area contributed by atoms with Gasteiger partial charge in [-0.05, 0) is 72.6 Å². The molecular weight excluding hydrogens is 392 g/mol. The number of nitrogens with zero attached hydrogens (tertiary/aromatic N) is 1. The highest BCUT2D eigenvalue weighted by atomic mass is 16.6. The Hall–Kier alpha value is -2.60. The zero-order valence-corrected chi connectivity index (χ0v) is 19.8. The molecule has 3 rings (SSSR count). The van der Waals surface area contributed by atoms with Crippen LogP contribution in [-0.2, 0) is 20.7 Å². The first-order valence-electron chi connectivity index (χ1n) is 10.8. The summed E-state index contributed by atoms with van der Waals surface area (Å²) in [5.74, 6) is -0.300. The molecule has 2 aromatic rings. The van der Waals surface area contributed by atoms with Crippen molar-refractivity contribution in [2.45, 2.75) is 85.1 Å². The summed E-state index contributed by atoms with van der Waals surface area (Å²) >= 11 is 0. The van der Waals surface area contributed by atoms with Crippen LogP contribution in [0.25, 0.3) is 10.9 Å². The summed E-state index contributed by atoms with van der Waals surface area (Å²) in [6.07, 6.45) is 3.89. The minimum Gasteiger partial charge on any atom is -0.459 e. The van der Waals surface area contributed by atoms with Crippen LogP contribution in [0.1, 0.15) is 72.6 Å². The topological polar surface area (TPSA) is 69.6 Å². The van der Waals surface area contributed by atoms with Gasteiger partial charge in [0, 0.05) is 18.0 Å². The number of esters is 1. The number of nitrogens with one attached hydrogen (secondary N) is 1. The molecule has 6 nitrogen and oxygen atoms in total. The maximum Gasteiger partial charge on any atom is 0.419 e. The Bertz CT molecular complexity index is 1030. The van der Waals surface area contributed by atoms with E-state index in [1.54, 1.807) is 10.8 Å². The third-order valence-electron chi connectivity index (χ3n) is 4.86. The Morgan fingerprint density at radius 2 is 1.71 bits per heavy atom. The van der Waals surface area contributed by atoms with Crippen molar-refractivity contribution in [1.29, 1.82) is 0 Å². The Labute approximate surface area is 184 Å². The quantitative estimate of drug-likeness (QED) is 0.522. The van der Waals surface area contributed by atoms with E-state index in [9.17, 15) is 9.59 Å². The van der Waals surface area contributed by atoms with E-state index in [2.05, 4.69) is 11.4 Å². The van der Waals surface area contributed by atoms with Crippen molar-refractivity contribution in [2.24, 2.45) is 0 Å². The summed E-state index contributed by atoms with van der Waals surface area (Å²) in [7, 11) is 0. The van der Waals surface area contributed by atoms with E-state index < -0.39 is 23.3 Å². The molecule has 1 N–H and O–H groups in total. The third kappa shape index (κ3) is 5.37. The van der Waals surface area contributed by atoms with Crippen molar-refractivity contribution < 1.29 is 19.1 Å². The van der Waals surface area contributed by atoms with E-state index in [1.165, 1.54) is 0 Å². The van der Waals surface area contributed by atoms with E-state index in [1.807, 2.05) is 73.6 Å². The summed E-state index contributed by atoms with van der Waals surface area (Å²) < 4.78 is 12.8. The van der Waals surface area contributed by atoms with Crippen LogP contribution in [0.5, 0.6) is 0 Å². The van der Waals surface area contributed by atoms with Crippen LogP contribution < -0.4 is 5.32 Å². The lowest BCUT2D eigenvalue weighted by molar-refractivity contribution is -0.157. The first kappa shape index (κ1) is 23.1. The second-order valence-electron chi connectivity index (χ2n) is 10.4. The van der Waals surface area contributed by atoms with Crippen LogP contribution in [0.4, 0.5) is 4.79 Å². The second kappa shape index (κ2) is 8.15. The predicted octanol–water partition coefficient (Wildman–Crippen LogP) is 5.29. The third-order valence-corrected chi connectivity index (χ3v) is 4.86. The fraction of sp³-hybridized carbons (Fsp3) is 0.520. The largest absolute Gasteiger partial charge is 0.459 e. The van der Waals surface area contributed by atoms with Crippen LogP contribution in [0, 0.1) is 0 Å². The molecular formula is C25H34N2O4. The summed E-state index contributed by atoms with van der Waals surface area (Å²) in [5.41, 5.74) is 2.68. The lowest BCUT2D eigenvalue weighted by Crippen LogP contribution is -2.43. The molecule has 1 aliphatic heterocycles. The fourth-order valence-electron chi connectivity index (χ4n) is 3.86. The molecule has 2 heterocycles. The average Bonchev–Trinajstić information content (AvgIpc) is 2.88. The minimum absolute atomic E-state index is 0.179. The second-order valence-corrected chi connectivity index (χ2v) is 10.4. The highest BCUT2D eigenvalue weighted by molar-refractivity contribution is 5.95. The molecule has 2 atom stereocenters. The van der Waals surface area contributed by atoms with Crippen LogP contribution in [0.15, 0.2) is 36.0 Å². The van der Waals surface area contributed by atoms with Gasteiger partial charge < -0.3 is 9.47 Å². The lowest BCUT2D eigenvalue weighted by Gasteiger charge is -2.26. The van der Waals surface area contributed by atoms with Gasteiger partial charge in [-0.1, -0.05) is 23.8 Å². The first-order valence-corrected chi connectivity index (χ1v) is 10.8. The van der Waals surface area contributed by atoms with Gasteiger partial charge in [0.15, 0.2) is 0 Å². The first-order chi connectivity index (χ1) is 14.2. The number of ether oxygens (including phenoxy) is 2. The Kier molecular flexibility index (Phi) is 6.07. The van der Waals surface area contributed by atoms with Gasteiger partial charge >= 0.3 is 12.1 Å². The zero-order chi connectivity index (χ0) is 23.1. The molecule has 1 aromatic heterocycles. The molecule has 168 valence electrons. The molecule has 0 amide bonds. The van der Waals surface area contributed by atoms with E-state index >= 15 is 0 Å². The Balaban J connectivity index is 2.13. The molecule has 6 heteroatoms. The molecule has 0 saturated heterocycles. The molecule has 0 aliphatic carbocycles. The minimum atomic E-state index is -0.603. The summed E-state index contributed by atoms with van der Waals surface area (Å²) in [6, 6.07) is 5.18. The number of benzene rings is 1. The summed E-state index contributed by atoms with van der Waals surface area (Å²) in [5, 5.41) is 4.45. The van der Waals surface area contributed by atoms with E-state index in [0.29, 0.717) is 6.42 Å². The molecule has 0 bridgehead atoms. The smallest absolute Gasteiger partial charge is 0.419 e. The van der Waals surface area contributed by atoms with Gasteiger partial charge in [0.2, 0.25) is 0 Å². The van der Waals surface area contributed by atoms with Gasteiger partial charge in [0.1, 0.15) is 17.2 Å². The molecule has 1 aliphatic rings. The van der Waals surface area contributed by atoms with Crippen LogP contribution in [-0.4, -0.2) is 33.9 Å². The molecule has 31 heavy (non-hydrogen) atoms. The van der Waals surface area contributed by atoms with Crippen molar-refractivity contribution in [3.8, 4) is 0 Å². The van der Waals surface area contributed by atoms with Crippen molar-refractivity contribution in [3.63, 3.8) is 0 Å². The Morgan fingerprint density at radius 1 is 1.06 bits per heavy atom. The van der Waals surface area contributed by atoms with Gasteiger partial charge in [0.25, 0.3) is 0 Å². The number of allylic oxidation sites excluding steroid dienone is 1. The maximum atomic E-state index is 13.0. The summed E-state index contributed by atoms with van der Waals surface area (Å²) in [4.78, 5) is 25.9. The molecule has 0 saturated carbocycles.